The fraction of sp³-hybridized carbons (Fsp3) is 0.483. The summed E-state index contributed by atoms with van der Waals surface area (Å²) in [5.41, 5.74) is 1.13. The smallest absolute Gasteiger partial charge is 0.250 e. The second-order valence-corrected chi connectivity index (χ2v) is 11.5. The van der Waals surface area contributed by atoms with Crippen molar-refractivity contribution in [2.75, 3.05) is 37.0 Å². The molecule has 9 nitrogen and oxygen atoms in total. The fourth-order valence-corrected chi connectivity index (χ4v) is 7.70. The summed E-state index contributed by atoms with van der Waals surface area (Å²) in [5, 5.41) is 16.2. The number of rotatable bonds is 9. The molecule has 3 N–H and O–H groups in total. The predicted molar refractivity (Wildman–Crippen MR) is 152 cm³/mol. The first kappa shape index (κ1) is 27.6. The summed E-state index contributed by atoms with van der Waals surface area (Å²) >= 11 is 3.66. The molecule has 2 aromatic carbocycles. The van der Waals surface area contributed by atoms with Crippen LogP contribution in [-0.4, -0.2) is 77.0 Å². The van der Waals surface area contributed by atoms with Gasteiger partial charge in [-0.05, 0) is 50.1 Å². The van der Waals surface area contributed by atoms with Crippen molar-refractivity contribution in [1.82, 2.24) is 10.2 Å². The Morgan fingerprint density at radius 3 is 2.38 bits per heavy atom. The third-order valence-corrected chi connectivity index (χ3v) is 9.33. The summed E-state index contributed by atoms with van der Waals surface area (Å²) in [6.07, 6.45) is -0.140. The van der Waals surface area contributed by atoms with E-state index in [0.29, 0.717) is 17.7 Å². The highest BCUT2D eigenvalue weighted by molar-refractivity contribution is 9.09. The maximum Gasteiger partial charge on any atom is 0.250 e. The van der Waals surface area contributed by atoms with E-state index in [1.54, 1.807) is 0 Å². The first-order valence-corrected chi connectivity index (χ1v) is 14.4. The first-order chi connectivity index (χ1) is 18.8. The van der Waals surface area contributed by atoms with Crippen LogP contribution in [0.25, 0.3) is 0 Å². The van der Waals surface area contributed by atoms with Crippen LogP contribution in [0.4, 0.5) is 11.4 Å². The van der Waals surface area contributed by atoms with Crippen LogP contribution in [0.1, 0.15) is 31.9 Å². The van der Waals surface area contributed by atoms with Gasteiger partial charge in [-0.1, -0.05) is 46.3 Å². The Morgan fingerprint density at radius 1 is 1.13 bits per heavy atom. The van der Waals surface area contributed by atoms with E-state index >= 15 is 0 Å². The van der Waals surface area contributed by atoms with Gasteiger partial charge in [0.15, 0.2) is 0 Å². The zero-order valence-electron chi connectivity index (χ0n) is 22.3. The maximum absolute atomic E-state index is 14.2. The van der Waals surface area contributed by atoms with Crippen LogP contribution in [0.5, 0.6) is 0 Å². The lowest BCUT2D eigenvalue weighted by molar-refractivity contribution is -0.144. The Balaban J connectivity index is 1.54. The zero-order chi connectivity index (χ0) is 27.9. The monoisotopic (exact) mass is 598 g/mol. The predicted octanol–water partition coefficient (Wildman–Crippen LogP) is 2.70. The van der Waals surface area contributed by atoms with Crippen LogP contribution in [0, 0.1) is 11.8 Å². The van der Waals surface area contributed by atoms with Gasteiger partial charge < -0.3 is 30.3 Å². The molecule has 3 heterocycles. The van der Waals surface area contributed by atoms with Crippen molar-refractivity contribution >= 4 is 45.0 Å². The number of halogens is 1. The summed E-state index contributed by atoms with van der Waals surface area (Å²) in [5.74, 6) is -2.64. The summed E-state index contributed by atoms with van der Waals surface area (Å²) in [7, 11) is 1.54. The highest BCUT2D eigenvalue weighted by Gasteiger charge is 2.77. The number of amides is 3. The average Bonchev–Trinajstić information content (AvgIpc) is 3.54. The van der Waals surface area contributed by atoms with Gasteiger partial charge in [-0.15, -0.1) is 0 Å². The molecule has 208 valence electrons. The van der Waals surface area contributed by atoms with Crippen molar-refractivity contribution in [2.24, 2.45) is 11.8 Å². The highest BCUT2D eigenvalue weighted by atomic mass is 79.9. The van der Waals surface area contributed by atoms with Crippen molar-refractivity contribution in [2.45, 2.75) is 48.9 Å². The van der Waals surface area contributed by atoms with E-state index in [4.69, 9.17) is 4.74 Å². The molecule has 0 saturated carbocycles. The number of nitrogens with one attached hydrogen (secondary N) is 2. The van der Waals surface area contributed by atoms with Gasteiger partial charge in [-0.2, -0.15) is 0 Å². The standard InChI is InChI=1S/C29H35BrN4O5/c1-4-33(5-2)19-13-11-18(12-14-19)32-27(37)25-29-15-20(30)24(39-29)22(26(36)31-3)23(29)28(38)34(25)21(16-35)17-9-7-6-8-10-17/h6-14,20-25,35H,4-5,15-16H2,1-3H3,(H,31,36)(H,32,37)/t20?,21-,22-,23+,24-,25?,29?/m1/s1. The number of carbonyl (C=O) groups excluding carboxylic acids is 3. The summed E-state index contributed by atoms with van der Waals surface area (Å²) < 4.78 is 6.49. The number of aliphatic hydroxyl groups excluding tert-OH is 1. The number of alkyl halides is 1. The number of benzene rings is 2. The van der Waals surface area contributed by atoms with Gasteiger partial charge in [0.25, 0.3) is 0 Å². The minimum absolute atomic E-state index is 0.197. The topological polar surface area (TPSA) is 111 Å². The van der Waals surface area contributed by atoms with Crippen molar-refractivity contribution in [1.29, 1.82) is 0 Å². The summed E-state index contributed by atoms with van der Waals surface area (Å²) in [6.45, 7) is 5.53. The molecule has 3 saturated heterocycles. The Labute approximate surface area is 237 Å². The molecule has 3 aliphatic rings. The number of hydrogen-bond acceptors (Lipinski definition) is 6. The zero-order valence-corrected chi connectivity index (χ0v) is 23.9. The molecule has 2 bridgehead atoms. The number of hydrogen-bond donors (Lipinski definition) is 3. The third kappa shape index (κ3) is 4.42. The van der Waals surface area contributed by atoms with Gasteiger partial charge >= 0.3 is 0 Å². The van der Waals surface area contributed by atoms with Gasteiger partial charge in [-0.3, -0.25) is 14.4 Å². The van der Waals surface area contributed by atoms with Crippen LogP contribution in [0.15, 0.2) is 54.6 Å². The SMILES string of the molecule is CCN(CC)c1ccc(NC(=O)C2N([C@H](CO)c3ccccc3)C(=O)[C@@H]3[C@@H](C(=O)NC)[C@@H]4OC23CC4Br)cc1. The van der Waals surface area contributed by atoms with Gasteiger partial charge in [0.1, 0.15) is 11.6 Å². The van der Waals surface area contributed by atoms with Crippen molar-refractivity contribution in [3.8, 4) is 0 Å². The van der Waals surface area contributed by atoms with E-state index in [9.17, 15) is 19.5 Å². The van der Waals surface area contributed by atoms with Crippen LogP contribution < -0.4 is 15.5 Å². The van der Waals surface area contributed by atoms with Crippen molar-refractivity contribution in [3.05, 3.63) is 60.2 Å². The minimum atomic E-state index is -1.21. The lowest BCUT2D eigenvalue weighted by Crippen LogP contribution is -2.55. The molecule has 3 unspecified atom stereocenters. The number of fused-ring (bicyclic) bond motifs is 1. The van der Waals surface area contributed by atoms with Gasteiger partial charge in [0, 0.05) is 36.3 Å². The van der Waals surface area contributed by atoms with Crippen LogP contribution in [-0.2, 0) is 19.1 Å². The molecule has 2 aromatic rings. The van der Waals surface area contributed by atoms with Crippen LogP contribution in [0.3, 0.4) is 0 Å². The Morgan fingerprint density at radius 2 is 1.79 bits per heavy atom. The van der Waals surface area contributed by atoms with E-state index in [2.05, 4.69) is 45.3 Å². The lowest BCUT2D eigenvalue weighted by atomic mass is 9.70. The number of nitrogens with zero attached hydrogens (tertiary/aromatic N) is 2. The molecule has 3 fully saturated rings. The summed E-state index contributed by atoms with van der Waals surface area (Å²) in [6, 6.07) is 14.9. The van der Waals surface area contributed by atoms with Gasteiger partial charge in [0.05, 0.1) is 30.6 Å². The quantitative estimate of drug-likeness (QED) is 0.383. The molecule has 39 heavy (non-hydrogen) atoms. The lowest BCUT2D eigenvalue weighted by Gasteiger charge is -2.37. The second kappa shape index (κ2) is 10.9. The fourth-order valence-electron chi connectivity index (χ4n) is 6.75. The number of aliphatic hydroxyl groups is 1. The largest absolute Gasteiger partial charge is 0.394 e. The molecule has 0 radical (unpaired) electrons. The second-order valence-electron chi connectivity index (χ2n) is 10.3. The van der Waals surface area contributed by atoms with E-state index in [0.717, 1.165) is 18.8 Å². The Kier molecular flexibility index (Phi) is 7.72. The third-order valence-electron chi connectivity index (χ3n) is 8.48. The number of ether oxygens (including phenoxy) is 1. The molecule has 0 aliphatic carbocycles. The summed E-state index contributed by atoms with van der Waals surface area (Å²) in [4.78, 5) is 44.8. The van der Waals surface area contributed by atoms with E-state index in [-0.39, 0.29) is 23.2 Å². The Hall–Kier alpha value is -2.95. The minimum Gasteiger partial charge on any atom is -0.394 e. The van der Waals surface area contributed by atoms with Crippen LogP contribution >= 0.6 is 15.9 Å². The molecule has 1 spiro atoms. The number of carbonyl (C=O) groups is 3. The van der Waals surface area contributed by atoms with Gasteiger partial charge in [-0.25, -0.2) is 0 Å². The van der Waals surface area contributed by atoms with Crippen molar-refractivity contribution in [3.63, 3.8) is 0 Å². The van der Waals surface area contributed by atoms with E-state index < -0.39 is 41.5 Å². The average molecular weight is 600 g/mol. The molecule has 3 amide bonds. The molecule has 0 aromatic heterocycles. The van der Waals surface area contributed by atoms with Gasteiger partial charge in [0.2, 0.25) is 17.7 Å². The van der Waals surface area contributed by atoms with Crippen molar-refractivity contribution < 1.29 is 24.2 Å². The first-order valence-electron chi connectivity index (χ1n) is 13.5. The normalized spacial score (nSPS) is 29.7. The highest BCUT2D eigenvalue weighted by Crippen LogP contribution is 2.61. The Bertz CT molecular complexity index is 1220. The molecular formula is C29H35BrN4O5. The van der Waals surface area contributed by atoms with E-state index in [1.165, 1.54) is 11.9 Å². The molecule has 5 rings (SSSR count). The molecule has 7 atom stereocenters. The van der Waals surface area contributed by atoms with E-state index in [1.807, 2.05) is 54.6 Å². The molecular weight excluding hydrogens is 564 g/mol. The molecule has 10 heteroatoms. The number of likely N-dealkylation sites (tertiary alicyclic amines) is 1. The van der Waals surface area contributed by atoms with Crippen LogP contribution in [0.2, 0.25) is 0 Å². The molecule has 3 aliphatic heterocycles. The number of anilines is 2. The maximum atomic E-state index is 14.2.